The molecule has 37 heavy (non-hydrogen) atoms. The maximum absolute atomic E-state index is 13.7. The van der Waals surface area contributed by atoms with E-state index in [9.17, 15) is 28.9 Å². The molecule has 0 bridgehead atoms. The second-order valence-electron chi connectivity index (χ2n) is 7.95. The molecule has 1 aliphatic heterocycles. The summed E-state index contributed by atoms with van der Waals surface area (Å²) in [5.41, 5.74) is 1.16. The third-order valence-electron chi connectivity index (χ3n) is 5.46. The smallest absolute Gasteiger partial charge is 0.335 e. The van der Waals surface area contributed by atoms with Gasteiger partial charge in [0.05, 0.1) is 17.2 Å². The van der Waals surface area contributed by atoms with Crippen molar-refractivity contribution in [2.24, 2.45) is 0 Å². The van der Waals surface area contributed by atoms with Gasteiger partial charge in [0.15, 0.2) is 0 Å². The lowest BCUT2D eigenvalue weighted by molar-refractivity contribution is -0.384. The van der Waals surface area contributed by atoms with Crippen LogP contribution in [-0.4, -0.2) is 29.4 Å². The zero-order valence-electron chi connectivity index (χ0n) is 19.4. The van der Waals surface area contributed by atoms with Crippen molar-refractivity contribution in [1.82, 2.24) is 5.32 Å². The van der Waals surface area contributed by atoms with E-state index in [2.05, 4.69) is 21.2 Å². The van der Waals surface area contributed by atoms with Gasteiger partial charge in [0.2, 0.25) is 0 Å². The van der Waals surface area contributed by atoms with Crippen molar-refractivity contribution in [2.75, 3.05) is 11.5 Å². The van der Waals surface area contributed by atoms with Gasteiger partial charge in [-0.25, -0.2) is 14.1 Å². The average Bonchev–Trinajstić information content (AvgIpc) is 2.84. The second kappa shape index (κ2) is 10.7. The summed E-state index contributed by atoms with van der Waals surface area (Å²) in [6.07, 6.45) is 1.66. The number of carbonyl (C=O) groups excluding carboxylic acids is 3. The van der Waals surface area contributed by atoms with Gasteiger partial charge in [-0.2, -0.15) is 0 Å². The fraction of sp³-hybridized carbons (Fsp3) is 0.115. The largest absolute Gasteiger partial charge is 0.494 e. The first-order chi connectivity index (χ1) is 17.7. The minimum absolute atomic E-state index is 0.0586. The van der Waals surface area contributed by atoms with Crippen LogP contribution in [0.4, 0.5) is 20.6 Å². The number of rotatable bonds is 7. The summed E-state index contributed by atoms with van der Waals surface area (Å²) >= 11 is 3.50. The van der Waals surface area contributed by atoms with Crippen LogP contribution in [0.25, 0.3) is 6.08 Å². The van der Waals surface area contributed by atoms with Gasteiger partial charge in [-0.1, -0.05) is 34.1 Å². The van der Waals surface area contributed by atoms with Gasteiger partial charge in [-0.15, -0.1) is 0 Å². The minimum Gasteiger partial charge on any atom is -0.494 e. The lowest BCUT2D eigenvalue weighted by Crippen LogP contribution is -2.54. The second-order valence-corrected chi connectivity index (χ2v) is 8.81. The van der Waals surface area contributed by atoms with E-state index >= 15 is 0 Å². The number of non-ortho nitro benzene ring substituents is 1. The van der Waals surface area contributed by atoms with Crippen molar-refractivity contribution in [3.8, 4) is 5.75 Å². The molecule has 1 heterocycles. The SMILES string of the molecule is CCOc1cc(/C=C2\C(=O)NC(=O)N(c3cccc([N+](=O)[O-])c3)C2=O)cc(Br)c1Cc1cccc(F)c1. The number of carbonyl (C=O) groups is 3. The third kappa shape index (κ3) is 5.56. The first-order valence-electron chi connectivity index (χ1n) is 11.0. The molecule has 11 heteroatoms. The van der Waals surface area contributed by atoms with Crippen LogP contribution < -0.4 is 15.0 Å². The van der Waals surface area contributed by atoms with Crippen LogP contribution in [0.15, 0.2) is 70.7 Å². The minimum atomic E-state index is -1.02. The molecule has 0 radical (unpaired) electrons. The Morgan fingerprint density at radius 2 is 1.86 bits per heavy atom. The van der Waals surface area contributed by atoms with Crippen molar-refractivity contribution in [1.29, 1.82) is 0 Å². The molecule has 1 fully saturated rings. The molecule has 0 saturated carbocycles. The molecular formula is C26H19BrFN3O6. The van der Waals surface area contributed by atoms with Crippen molar-refractivity contribution in [3.63, 3.8) is 0 Å². The fourth-order valence-electron chi connectivity index (χ4n) is 3.83. The summed E-state index contributed by atoms with van der Waals surface area (Å²) in [4.78, 5) is 49.4. The number of nitro groups is 1. The molecule has 1 N–H and O–H groups in total. The Hall–Kier alpha value is -4.38. The van der Waals surface area contributed by atoms with Crippen LogP contribution in [-0.2, 0) is 16.0 Å². The van der Waals surface area contributed by atoms with Crippen LogP contribution in [0.3, 0.4) is 0 Å². The highest BCUT2D eigenvalue weighted by molar-refractivity contribution is 9.10. The van der Waals surface area contributed by atoms with Crippen LogP contribution in [0.5, 0.6) is 5.75 Å². The highest BCUT2D eigenvalue weighted by atomic mass is 79.9. The van der Waals surface area contributed by atoms with E-state index < -0.39 is 22.8 Å². The van der Waals surface area contributed by atoms with Gasteiger partial charge in [0.25, 0.3) is 17.5 Å². The summed E-state index contributed by atoms with van der Waals surface area (Å²) in [5, 5.41) is 13.2. The van der Waals surface area contributed by atoms with Gasteiger partial charge >= 0.3 is 6.03 Å². The Kier molecular flexibility index (Phi) is 7.44. The quantitative estimate of drug-likeness (QED) is 0.182. The number of benzene rings is 3. The number of imide groups is 2. The molecule has 0 unspecified atom stereocenters. The Bertz CT molecular complexity index is 1470. The molecule has 9 nitrogen and oxygen atoms in total. The number of ether oxygens (including phenoxy) is 1. The molecule has 4 amide bonds. The first-order valence-corrected chi connectivity index (χ1v) is 11.8. The van der Waals surface area contributed by atoms with E-state index in [4.69, 9.17) is 4.74 Å². The van der Waals surface area contributed by atoms with Gasteiger partial charge in [-0.05, 0) is 54.5 Å². The summed E-state index contributed by atoms with van der Waals surface area (Å²) < 4.78 is 20.1. The number of nitrogens with one attached hydrogen (secondary N) is 1. The maximum atomic E-state index is 13.7. The molecule has 3 aromatic carbocycles. The Morgan fingerprint density at radius 3 is 2.57 bits per heavy atom. The summed E-state index contributed by atoms with van der Waals surface area (Å²) in [6.45, 7) is 2.13. The van der Waals surface area contributed by atoms with E-state index in [-0.39, 0.29) is 22.8 Å². The summed E-state index contributed by atoms with van der Waals surface area (Å²) in [6, 6.07) is 13.4. The Morgan fingerprint density at radius 1 is 1.11 bits per heavy atom. The van der Waals surface area contributed by atoms with Gasteiger partial charge < -0.3 is 4.74 Å². The van der Waals surface area contributed by atoms with Crippen LogP contribution >= 0.6 is 15.9 Å². The Labute approximate surface area is 218 Å². The van der Waals surface area contributed by atoms with Crippen molar-refractivity contribution in [3.05, 3.63) is 103 Å². The lowest BCUT2D eigenvalue weighted by atomic mass is 10.0. The molecule has 3 aromatic rings. The molecule has 0 aliphatic carbocycles. The van der Waals surface area contributed by atoms with Crippen LogP contribution in [0, 0.1) is 15.9 Å². The molecule has 0 aromatic heterocycles. The number of amides is 4. The topological polar surface area (TPSA) is 119 Å². The van der Waals surface area contributed by atoms with E-state index in [1.165, 1.54) is 36.4 Å². The van der Waals surface area contributed by atoms with Crippen molar-refractivity contribution >= 4 is 51.2 Å². The number of hydrogen-bond donors (Lipinski definition) is 1. The van der Waals surface area contributed by atoms with Crippen LogP contribution in [0.1, 0.15) is 23.6 Å². The molecule has 1 saturated heterocycles. The predicted octanol–water partition coefficient (Wildman–Crippen LogP) is 5.15. The van der Waals surface area contributed by atoms with Gasteiger partial charge in [0, 0.05) is 28.6 Å². The number of urea groups is 1. The standard InChI is InChI=1S/C26H19BrFN3O6/c1-2-37-23-13-16(12-22(27)20(23)10-15-5-3-6-17(28)9-15)11-21-24(32)29-26(34)30(25(21)33)18-7-4-8-19(14-18)31(35)36/h3-9,11-14H,2,10H2,1H3,(H,29,32,34)/b21-11+. The van der Waals surface area contributed by atoms with Crippen LogP contribution in [0.2, 0.25) is 0 Å². The highest BCUT2D eigenvalue weighted by Gasteiger charge is 2.37. The zero-order chi connectivity index (χ0) is 26.7. The molecular weight excluding hydrogens is 549 g/mol. The lowest BCUT2D eigenvalue weighted by Gasteiger charge is -2.26. The van der Waals surface area contributed by atoms with E-state index in [1.54, 1.807) is 31.2 Å². The maximum Gasteiger partial charge on any atom is 0.335 e. The van der Waals surface area contributed by atoms with Gasteiger partial charge in [0.1, 0.15) is 17.1 Å². The molecule has 188 valence electrons. The van der Waals surface area contributed by atoms with Gasteiger partial charge in [-0.3, -0.25) is 25.0 Å². The van der Waals surface area contributed by atoms with E-state index in [0.29, 0.717) is 33.7 Å². The molecule has 0 atom stereocenters. The van der Waals surface area contributed by atoms with Crippen molar-refractivity contribution < 1.29 is 28.4 Å². The first kappa shape index (κ1) is 25.7. The number of barbiturate groups is 1. The number of nitro benzene ring substituents is 1. The van der Waals surface area contributed by atoms with E-state index in [1.807, 2.05) is 0 Å². The fourth-order valence-corrected chi connectivity index (χ4v) is 4.43. The number of nitrogens with zero attached hydrogens (tertiary/aromatic N) is 2. The highest BCUT2D eigenvalue weighted by Crippen LogP contribution is 2.33. The monoisotopic (exact) mass is 567 g/mol. The molecule has 4 rings (SSSR count). The zero-order valence-corrected chi connectivity index (χ0v) is 21.0. The number of hydrogen-bond acceptors (Lipinski definition) is 6. The van der Waals surface area contributed by atoms with E-state index in [0.717, 1.165) is 17.2 Å². The number of halogens is 2. The van der Waals surface area contributed by atoms with Crippen molar-refractivity contribution in [2.45, 2.75) is 13.3 Å². The third-order valence-corrected chi connectivity index (χ3v) is 6.17. The summed E-state index contributed by atoms with van der Waals surface area (Å²) in [7, 11) is 0. The Balaban J connectivity index is 1.72. The number of anilines is 1. The summed E-state index contributed by atoms with van der Waals surface area (Å²) in [5.74, 6) is -1.75. The normalized spacial score (nSPS) is 14.6. The average molecular weight is 568 g/mol. The predicted molar refractivity (Wildman–Crippen MR) is 137 cm³/mol. The molecule has 1 aliphatic rings. The molecule has 0 spiro atoms.